The molecule has 3 aromatic rings. The second-order valence-corrected chi connectivity index (χ2v) is 11.1. The van der Waals surface area contributed by atoms with Crippen molar-refractivity contribution in [2.24, 2.45) is 11.8 Å². The van der Waals surface area contributed by atoms with Crippen molar-refractivity contribution < 1.29 is 19.0 Å². The summed E-state index contributed by atoms with van der Waals surface area (Å²) in [7, 11) is 0. The molecule has 2 fully saturated rings. The molecule has 1 amide bonds. The highest BCUT2D eigenvalue weighted by Gasteiger charge is 2.28. The van der Waals surface area contributed by atoms with Crippen LogP contribution in [0.5, 0.6) is 5.75 Å². The molecule has 2 aliphatic rings. The summed E-state index contributed by atoms with van der Waals surface area (Å²) in [4.78, 5) is 12.5. The van der Waals surface area contributed by atoms with Crippen LogP contribution >= 0.6 is 0 Å². The highest BCUT2D eigenvalue weighted by Crippen LogP contribution is 2.45. The molecule has 1 saturated carbocycles. The number of anilines is 2. The maximum Gasteiger partial charge on any atom is 0.411 e. The number of hydrogen-bond donors (Lipinski definition) is 2. The van der Waals surface area contributed by atoms with E-state index in [9.17, 15) is 4.79 Å². The molecule has 0 spiro atoms. The minimum Gasteiger partial charge on any atom is -0.488 e. The molecule has 3 N–H and O–H groups in total. The third-order valence-corrected chi connectivity index (χ3v) is 7.61. The number of hydrogen-bond acceptors (Lipinski definition) is 5. The molecule has 1 unspecified atom stereocenters. The highest BCUT2D eigenvalue weighted by atomic mass is 16.6. The molecule has 7 nitrogen and oxygen atoms in total. The van der Waals surface area contributed by atoms with Gasteiger partial charge in [0.1, 0.15) is 18.0 Å². The van der Waals surface area contributed by atoms with Crippen LogP contribution in [0.4, 0.5) is 16.2 Å². The molecule has 2 aromatic carbocycles. The molecular formula is C30H39N3O4. The number of nitrogen functional groups attached to an aromatic ring is 1. The Bertz CT molecular complexity index is 1230. The van der Waals surface area contributed by atoms with E-state index < -0.39 is 6.09 Å². The lowest BCUT2D eigenvalue weighted by Crippen LogP contribution is -2.30. The number of nitrogens with one attached hydrogen (secondary N) is 1. The fourth-order valence-corrected chi connectivity index (χ4v) is 5.53. The van der Waals surface area contributed by atoms with Crippen LogP contribution in [-0.4, -0.2) is 36.1 Å². The van der Waals surface area contributed by atoms with E-state index in [0.29, 0.717) is 18.3 Å². The van der Waals surface area contributed by atoms with Crippen molar-refractivity contribution in [2.45, 2.75) is 71.6 Å². The predicted octanol–water partition coefficient (Wildman–Crippen LogP) is 7.01. The van der Waals surface area contributed by atoms with Gasteiger partial charge in [0.05, 0.1) is 30.1 Å². The first-order valence-corrected chi connectivity index (χ1v) is 13.6. The van der Waals surface area contributed by atoms with E-state index in [4.69, 9.17) is 19.9 Å². The molecule has 5 rings (SSSR count). The van der Waals surface area contributed by atoms with E-state index in [0.717, 1.165) is 59.5 Å². The monoisotopic (exact) mass is 505 g/mol. The Morgan fingerprint density at radius 1 is 1.05 bits per heavy atom. The summed E-state index contributed by atoms with van der Waals surface area (Å²) >= 11 is 0. The molecule has 1 saturated heterocycles. The topological polar surface area (TPSA) is 87.7 Å². The van der Waals surface area contributed by atoms with E-state index in [1.165, 1.54) is 6.42 Å². The van der Waals surface area contributed by atoms with Gasteiger partial charge < -0.3 is 24.5 Å². The van der Waals surface area contributed by atoms with Gasteiger partial charge >= 0.3 is 6.09 Å². The van der Waals surface area contributed by atoms with E-state index in [1.54, 1.807) is 0 Å². The number of nitrogens with two attached hydrogens (primary N) is 1. The number of nitrogens with zero attached hydrogens (tertiary/aromatic N) is 1. The van der Waals surface area contributed by atoms with Crippen LogP contribution < -0.4 is 15.8 Å². The fourth-order valence-electron chi connectivity index (χ4n) is 5.53. The largest absolute Gasteiger partial charge is 0.488 e. The standard InChI is InChI=1S/C30H39N3O4/c1-18(2)29(19(3)4)37-30(34)32-21-10-8-20(9-11-21)28-27(31)25-13-12-23(36-24-14-15-35-17-24)16-26(25)33(28)22-6-5-7-22/h8-13,16,18-19,22,24,29H,5-7,14-15,17,31H2,1-4H3,(H,32,34). The Labute approximate surface area is 219 Å². The molecular weight excluding hydrogens is 466 g/mol. The van der Waals surface area contributed by atoms with Gasteiger partial charge in [-0.15, -0.1) is 0 Å². The lowest BCUT2D eigenvalue weighted by Gasteiger charge is -2.30. The van der Waals surface area contributed by atoms with Gasteiger partial charge in [-0.2, -0.15) is 0 Å². The summed E-state index contributed by atoms with van der Waals surface area (Å²) in [6.07, 6.45) is 3.95. The Balaban J connectivity index is 1.41. The number of rotatable bonds is 8. The number of carbonyl (C=O) groups is 1. The summed E-state index contributed by atoms with van der Waals surface area (Å²) in [5.41, 5.74) is 11.4. The molecule has 37 heavy (non-hydrogen) atoms. The van der Waals surface area contributed by atoms with Gasteiger partial charge in [-0.25, -0.2) is 4.79 Å². The number of ether oxygens (including phenoxy) is 3. The second-order valence-electron chi connectivity index (χ2n) is 11.1. The van der Waals surface area contributed by atoms with E-state index >= 15 is 0 Å². The van der Waals surface area contributed by atoms with Crippen LogP contribution in [0.1, 0.15) is 59.4 Å². The van der Waals surface area contributed by atoms with Gasteiger partial charge in [0.2, 0.25) is 0 Å². The van der Waals surface area contributed by atoms with Crippen LogP contribution in [0.2, 0.25) is 0 Å². The third-order valence-electron chi connectivity index (χ3n) is 7.61. The highest BCUT2D eigenvalue weighted by molar-refractivity contribution is 6.01. The Morgan fingerprint density at radius 3 is 2.38 bits per heavy atom. The van der Waals surface area contributed by atoms with Gasteiger partial charge in [0, 0.05) is 35.2 Å². The molecule has 198 valence electrons. The van der Waals surface area contributed by atoms with Crippen molar-refractivity contribution >= 4 is 28.4 Å². The lowest BCUT2D eigenvalue weighted by molar-refractivity contribution is 0.0516. The summed E-state index contributed by atoms with van der Waals surface area (Å²) < 4.78 is 19.8. The van der Waals surface area contributed by atoms with Crippen molar-refractivity contribution in [3.8, 4) is 17.0 Å². The lowest BCUT2D eigenvalue weighted by atomic mass is 9.92. The minimum absolute atomic E-state index is 0.101. The molecule has 1 aromatic heterocycles. The zero-order valence-corrected chi connectivity index (χ0v) is 22.3. The third kappa shape index (κ3) is 5.28. The Kier molecular flexibility index (Phi) is 7.33. The minimum atomic E-state index is -0.427. The molecule has 2 heterocycles. The average Bonchev–Trinajstić information content (AvgIpc) is 3.43. The van der Waals surface area contributed by atoms with Gasteiger partial charge in [0.15, 0.2) is 0 Å². The number of aromatic nitrogens is 1. The summed E-state index contributed by atoms with van der Waals surface area (Å²) in [5, 5.41) is 3.92. The summed E-state index contributed by atoms with van der Waals surface area (Å²) in [6, 6.07) is 14.5. The van der Waals surface area contributed by atoms with Crippen LogP contribution in [0.25, 0.3) is 22.2 Å². The molecule has 1 atom stereocenters. The normalized spacial score (nSPS) is 18.1. The van der Waals surface area contributed by atoms with E-state index in [-0.39, 0.29) is 24.0 Å². The van der Waals surface area contributed by atoms with Crippen LogP contribution in [0.3, 0.4) is 0 Å². The smallest absolute Gasteiger partial charge is 0.411 e. The first-order valence-electron chi connectivity index (χ1n) is 13.6. The zero-order chi connectivity index (χ0) is 26.1. The van der Waals surface area contributed by atoms with Crippen LogP contribution in [-0.2, 0) is 9.47 Å². The van der Waals surface area contributed by atoms with Crippen molar-refractivity contribution in [3.63, 3.8) is 0 Å². The molecule has 1 aliphatic heterocycles. The zero-order valence-electron chi connectivity index (χ0n) is 22.3. The van der Waals surface area contributed by atoms with E-state index in [1.807, 2.05) is 30.3 Å². The van der Waals surface area contributed by atoms with Gasteiger partial charge in [-0.1, -0.05) is 39.8 Å². The van der Waals surface area contributed by atoms with Crippen molar-refractivity contribution in [1.82, 2.24) is 4.57 Å². The summed E-state index contributed by atoms with van der Waals surface area (Å²) in [5.74, 6) is 1.36. The second kappa shape index (κ2) is 10.7. The maximum absolute atomic E-state index is 12.5. The van der Waals surface area contributed by atoms with E-state index in [2.05, 4.69) is 49.7 Å². The van der Waals surface area contributed by atoms with Crippen LogP contribution in [0.15, 0.2) is 42.5 Å². The molecule has 1 aliphatic carbocycles. The average molecular weight is 506 g/mol. The maximum atomic E-state index is 12.5. The predicted molar refractivity (Wildman–Crippen MR) is 148 cm³/mol. The van der Waals surface area contributed by atoms with Crippen molar-refractivity contribution in [1.29, 1.82) is 0 Å². The van der Waals surface area contributed by atoms with Gasteiger partial charge in [-0.3, -0.25) is 5.32 Å². The first-order chi connectivity index (χ1) is 17.8. The number of amides is 1. The van der Waals surface area contributed by atoms with Gasteiger partial charge in [0.25, 0.3) is 0 Å². The molecule has 0 bridgehead atoms. The Morgan fingerprint density at radius 2 is 1.78 bits per heavy atom. The van der Waals surface area contributed by atoms with Crippen LogP contribution in [0, 0.1) is 11.8 Å². The van der Waals surface area contributed by atoms with Crippen molar-refractivity contribution in [2.75, 3.05) is 24.3 Å². The van der Waals surface area contributed by atoms with Gasteiger partial charge in [-0.05, 0) is 55.4 Å². The Hall–Kier alpha value is -3.19. The molecule has 7 heteroatoms. The fraction of sp³-hybridized carbons (Fsp3) is 0.500. The number of carbonyl (C=O) groups excluding carboxylic acids is 1. The SMILES string of the molecule is CC(C)C(OC(=O)Nc1ccc(-c2c(N)c3ccc(OC4CCOC4)cc3n2C2CCC2)cc1)C(C)C. The quantitative estimate of drug-likeness (QED) is 0.344. The van der Waals surface area contributed by atoms with Crippen molar-refractivity contribution in [3.05, 3.63) is 42.5 Å². The number of benzene rings is 2. The number of fused-ring (bicyclic) bond motifs is 1. The first kappa shape index (κ1) is 25.5. The summed E-state index contributed by atoms with van der Waals surface area (Å²) in [6.45, 7) is 9.65. The molecule has 0 radical (unpaired) electrons.